The monoisotopic (exact) mass is 488 g/mol. The molecule has 2 aliphatic heterocycles. The quantitative estimate of drug-likeness (QED) is 0.463. The molecule has 0 unspecified atom stereocenters. The van der Waals surface area contributed by atoms with Crippen molar-refractivity contribution in [2.24, 2.45) is 11.3 Å². The average molecular weight is 489 g/mol. The number of carbonyl (C=O) groups excluding carboxylic acids is 1. The lowest BCUT2D eigenvalue weighted by atomic mass is 9.72. The van der Waals surface area contributed by atoms with Gasteiger partial charge in [-0.15, -0.1) is 0 Å². The van der Waals surface area contributed by atoms with Gasteiger partial charge in [0.15, 0.2) is 5.82 Å². The molecule has 4 N–H and O–H groups in total. The third kappa shape index (κ3) is 3.66. The summed E-state index contributed by atoms with van der Waals surface area (Å²) in [6.45, 7) is 3.00. The molecule has 2 aliphatic carbocycles. The molecule has 2 aromatic heterocycles. The molecule has 188 valence electrons. The molecule has 1 amide bonds. The number of hydrogen-bond donors (Lipinski definition) is 3. The summed E-state index contributed by atoms with van der Waals surface area (Å²) in [7, 11) is 1.64. The Kier molecular flexibility index (Phi) is 4.89. The SMILES string of the molecule is COc1cc(C(=O)N2C[C@@H]3C[C@H]2CN3)ccc1Cn1ncc2nc(N)nc(NCC3CC4(CC4)C3)c21. The van der Waals surface area contributed by atoms with Crippen LogP contribution in [0.15, 0.2) is 24.4 Å². The summed E-state index contributed by atoms with van der Waals surface area (Å²) in [5, 5.41) is 11.6. The minimum Gasteiger partial charge on any atom is -0.496 e. The molecule has 2 bridgehead atoms. The number of amides is 1. The fourth-order valence-corrected chi connectivity index (χ4v) is 6.54. The Morgan fingerprint density at radius 1 is 1.31 bits per heavy atom. The Balaban J connectivity index is 1.13. The first-order chi connectivity index (χ1) is 17.5. The van der Waals surface area contributed by atoms with Crippen LogP contribution in [0.2, 0.25) is 0 Å². The number of benzene rings is 1. The number of rotatable bonds is 7. The van der Waals surface area contributed by atoms with Crippen LogP contribution in [0, 0.1) is 11.3 Å². The predicted octanol–water partition coefficient (Wildman–Crippen LogP) is 2.25. The Bertz CT molecular complexity index is 1340. The van der Waals surface area contributed by atoms with Crippen molar-refractivity contribution in [3.05, 3.63) is 35.5 Å². The molecule has 2 saturated carbocycles. The van der Waals surface area contributed by atoms with Gasteiger partial charge in [0.25, 0.3) is 5.91 Å². The van der Waals surface area contributed by atoms with Crippen LogP contribution in [0.1, 0.15) is 48.0 Å². The molecule has 1 aromatic carbocycles. The van der Waals surface area contributed by atoms with E-state index in [9.17, 15) is 4.79 Å². The minimum atomic E-state index is 0.0673. The van der Waals surface area contributed by atoms with Gasteiger partial charge in [-0.1, -0.05) is 6.07 Å². The molecule has 1 spiro atoms. The first-order valence-corrected chi connectivity index (χ1v) is 12.9. The molecular formula is C26H32N8O2. The van der Waals surface area contributed by atoms with Crippen molar-refractivity contribution in [2.75, 3.05) is 37.8 Å². The van der Waals surface area contributed by atoms with E-state index in [1.54, 1.807) is 13.3 Å². The van der Waals surface area contributed by atoms with Crippen molar-refractivity contribution in [2.45, 2.75) is 50.7 Å². The Morgan fingerprint density at radius 3 is 2.89 bits per heavy atom. The van der Waals surface area contributed by atoms with Gasteiger partial charge in [0.2, 0.25) is 5.95 Å². The summed E-state index contributed by atoms with van der Waals surface area (Å²) in [4.78, 5) is 24.1. The van der Waals surface area contributed by atoms with Crippen LogP contribution in [0.5, 0.6) is 5.75 Å². The van der Waals surface area contributed by atoms with E-state index in [0.717, 1.165) is 43.0 Å². The fourth-order valence-electron chi connectivity index (χ4n) is 6.54. The lowest BCUT2D eigenvalue weighted by molar-refractivity contribution is 0.0715. The van der Waals surface area contributed by atoms with Crippen LogP contribution in [-0.4, -0.2) is 69.4 Å². The maximum absolute atomic E-state index is 13.2. The number of methoxy groups -OCH3 is 1. The van der Waals surface area contributed by atoms with Gasteiger partial charge in [0, 0.05) is 42.8 Å². The molecule has 10 nitrogen and oxygen atoms in total. The molecule has 7 rings (SSSR count). The predicted molar refractivity (Wildman–Crippen MR) is 136 cm³/mol. The molecule has 4 fully saturated rings. The minimum absolute atomic E-state index is 0.0673. The van der Waals surface area contributed by atoms with E-state index in [2.05, 4.69) is 25.7 Å². The number of fused-ring (bicyclic) bond motifs is 3. The number of nitrogens with two attached hydrogens (primary N) is 1. The summed E-state index contributed by atoms with van der Waals surface area (Å²) < 4.78 is 7.59. The van der Waals surface area contributed by atoms with Gasteiger partial charge >= 0.3 is 0 Å². The molecule has 4 aliphatic rings. The molecule has 4 heterocycles. The summed E-state index contributed by atoms with van der Waals surface area (Å²) in [5.41, 5.74) is 9.79. The second kappa shape index (κ2) is 8.06. The van der Waals surface area contributed by atoms with Gasteiger partial charge < -0.3 is 26.0 Å². The second-order valence-corrected chi connectivity index (χ2v) is 11.1. The number of nitrogen functional groups attached to an aromatic ring is 1. The lowest BCUT2D eigenvalue weighted by Crippen LogP contribution is -2.46. The summed E-state index contributed by atoms with van der Waals surface area (Å²) in [6.07, 6.45) is 8.16. The first kappa shape index (κ1) is 21.8. The Morgan fingerprint density at radius 2 is 2.17 bits per heavy atom. The van der Waals surface area contributed by atoms with Crippen LogP contribution in [0.25, 0.3) is 11.0 Å². The number of nitrogens with zero attached hydrogens (tertiary/aromatic N) is 5. The van der Waals surface area contributed by atoms with E-state index in [4.69, 9.17) is 10.5 Å². The Hall–Kier alpha value is -3.40. The maximum atomic E-state index is 13.2. The van der Waals surface area contributed by atoms with Crippen molar-refractivity contribution in [1.29, 1.82) is 0 Å². The van der Waals surface area contributed by atoms with Crippen LogP contribution in [0.3, 0.4) is 0 Å². The van der Waals surface area contributed by atoms with Gasteiger partial charge in [0.05, 0.1) is 19.9 Å². The van der Waals surface area contributed by atoms with Gasteiger partial charge in [-0.05, 0) is 55.6 Å². The molecule has 0 radical (unpaired) electrons. The zero-order valence-corrected chi connectivity index (χ0v) is 20.5. The molecule has 10 heteroatoms. The van der Waals surface area contributed by atoms with Gasteiger partial charge in [-0.2, -0.15) is 10.1 Å². The number of hydrogen-bond acceptors (Lipinski definition) is 8. The van der Waals surface area contributed by atoms with Crippen molar-refractivity contribution < 1.29 is 9.53 Å². The van der Waals surface area contributed by atoms with Gasteiger partial charge in [-0.3, -0.25) is 9.48 Å². The molecule has 2 atom stereocenters. The van der Waals surface area contributed by atoms with Gasteiger partial charge in [0.1, 0.15) is 16.8 Å². The number of ether oxygens (including phenoxy) is 1. The molecule has 36 heavy (non-hydrogen) atoms. The number of nitrogens with one attached hydrogen (secondary N) is 2. The van der Waals surface area contributed by atoms with Crippen molar-refractivity contribution >= 4 is 28.7 Å². The third-order valence-electron chi connectivity index (χ3n) is 8.64. The van der Waals surface area contributed by atoms with Crippen LogP contribution in [-0.2, 0) is 6.54 Å². The highest BCUT2D eigenvalue weighted by atomic mass is 16.5. The normalized spacial score (nSPS) is 23.9. The van der Waals surface area contributed by atoms with E-state index in [0.29, 0.717) is 40.7 Å². The lowest BCUT2D eigenvalue weighted by Gasteiger charge is -2.36. The summed E-state index contributed by atoms with van der Waals surface area (Å²) in [6, 6.07) is 6.41. The smallest absolute Gasteiger partial charge is 0.254 e. The van der Waals surface area contributed by atoms with Crippen LogP contribution < -0.4 is 21.1 Å². The van der Waals surface area contributed by atoms with E-state index < -0.39 is 0 Å². The highest BCUT2D eigenvalue weighted by molar-refractivity contribution is 5.95. The Labute approximate surface area is 209 Å². The number of anilines is 2. The van der Waals surface area contributed by atoms with E-state index >= 15 is 0 Å². The number of likely N-dealkylation sites (tertiary alicyclic amines) is 1. The molecular weight excluding hydrogens is 456 g/mol. The number of aromatic nitrogens is 4. The summed E-state index contributed by atoms with van der Waals surface area (Å²) >= 11 is 0. The van der Waals surface area contributed by atoms with E-state index in [-0.39, 0.29) is 17.9 Å². The standard InChI is InChI=1S/C26H32N8O2/c1-36-21-6-16(24(35)33-14-18-7-19(33)11-28-18)2-3-17(21)13-34-22-20(12-30-34)31-25(27)32-23(22)29-10-15-8-26(9-15)4-5-26/h2-3,6,12,15,18-19,28H,4-5,7-11,13-14H2,1H3,(H3,27,29,31,32)/t18-,19-/m0/s1. The topological polar surface area (TPSA) is 123 Å². The highest BCUT2D eigenvalue weighted by Crippen LogP contribution is 2.63. The number of piperazine rings is 1. The average Bonchev–Trinajstić information content (AvgIpc) is 3.16. The second-order valence-electron chi connectivity index (χ2n) is 11.1. The number of carbonyl (C=O) groups is 1. The van der Waals surface area contributed by atoms with Crippen molar-refractivity contribution in [3.63, 3.8) is 0 Å². The van der Waals surface area contributed by atoms with Crippen LogP contribution >= 0.6 is 0 Å². The van der Waals surface area contributed by atoms with Gasteiger partial charge in [-0.25, -0.2) is 4.98 Å². The first-order valence-electron chi connectivity index (χ1n) is 12.9. The van der Waals surface area contributed by atoms with E-state index in [1.807, 2.05) is 27.8 Å². The fraction of sp³-hybridized carbons (Fsp3) is 0.538. The maximum Gasteiger partial charge on any atom is 0.254 e. The van der Waals surface area contributed by atoms with Crippen LogP contribution in [0.4, 0.5) is 11.8 Å². The zero-order valence-electron chi connectivity index (χ0n) is 20.5. The van der Waals surface area contributed by atoms with E-state index in [1.165, 1.54) is 25.7 Å². The highest BCUT2D eigenvalue weighted by Gasteiger charge is 2.52. The summed E-state index contributed by atoms with van der Waals surface area (Å²) in [5.74, 6) is 2.37. The largest absolute Gasteiger partial charge is 0.496 e. The van der Waals surface area contributed by atoms with Crippen molar-refractivity contribution in [1.82, 2.24) is 30.0 Å². The zero-order chi connectivity index (χ0) is 24.4. The third-order valence-corrected chi connectivity index (χ3v) is 8.64. The van der Waals surface area contributed by atoms with Crippen molar-refractivity contribution in [3.8, 4) is 5.75 Å². The molecule has 3 aromatic rings. The molecule has 2 saturated heterocycles.